The molecule has 3 aromatic heterocycles. The number of nitrogens with zero attached hydrogens (tertiary/aromatic N) is 2. The van der Waals surface area contributed by atoms with Crippen LogP contribution in [0.5, 0.6) is 0 Å². The van der Waals surface area contributed by atoms with Crippen molar-refractivity contribution in [2.45, 2.75) is 0 Å². The maximum atomic E-state index is 2.48. The van der Waals surface area contributed by atoms with Crippen molar-refractivity contribution in [3.8, 4) is 5.69 Å². The maximum absolute atomic E-state index is 2.48. The Hall–Kier alpha value is -5.94. The van der Waals surface area contributed by atoms with Gasteiger partial charge in [0.05, 0.1) is 21.4 Å². The van der Waals surface area contributed by atoms with Crippen molar-refractivity contribution < 1.29 is 0 Å². The second kappa shape index (κ2) is 10.8. The highest BCUT2D eigenvalue weighted by Gasteiger charge is 2.21. The number of anilines is 3. The van der Waals surface area contributed by atoms with Gasteiger partial charge in [0, 0.05) is 63.5 Å². The van der Waals surface area contributed by atoms with E-state index in [2.05, 4.69) is 179 Å². The van der Waals surface area contributed by atoms with Gasteiger partial charge in [-0.1, -0.05) is 109 Å². The first kappa shape index (κ1) is 28.0. The number of benzene rings is 8. The smallest absolute Gasteiger partial charge is 0.0640 e. The highest BCUT2D eigenvalue weighted by molar-refractivity contribution is 7.27. The molecule has 0 aliphatic carbocycles. The normalized spacial score (nSPS) is 12.0. The zero-order valence-corrected chi connectivity index (χ0v) is 28.5. The van der Waals surface area contributed by atoms with Gasteiger partial charge in [-0.05, 0) is 71.4 Å². The minimum Gasteiger partial charge on any atom is -0.309 e. The van der Waals surface area contributed by atoms with Crippen LogP contribution >= 0.6 is 22.7 Å². The molecule has 0 aliphatic heterocycles. The van der Waals surface area contributed by atoms with Crippen LogP contribution in [0.4, 0.5) is 17.1 Å². The van der Waals surface area contributed by atoms with Gasteiger partial charge in [-0.3, -0.25) is 0 Å². The molecule has 3 heterocycles. The first-order valence-electron chi connectivity index (χ1n) is 16.9. The molecule has 0 fully saturated rings. The van der Waals surface area contributed by atoms with Gasteiger partial charge in [-0.2, -0.15) is 0 Å². The predicted molar refractivity (Wildman–Crippen MR) is 219 cm³/mol. The van der Waals surface area contributed by atoms with Crippen molar-refractivity contribution in [2.75, 3.05) is 4.90 Å². The van der Waals surface area contributed by atoms with Crippen molar-refractivity contribution in [1.82, 2.24) is 4.57 Å². The summed E-state index contributed by atoms with van der Waals surface area (Å²) >= 11 is 3.78. The van der Waals surface area contributed by atoms with Gasteiger partial charge in [0.25, 0.3) is 0 Å². The average molecular weight is 673 g/mol. The Morgan fingerprint density at radius 2 is 1.02 bits per heavy atom. The lowest BCUT2D eigenvalue weighted by atomic mass is 10.1. The molecular formula is C46H28N2S2. The number of para-hydroxylation sites is 2. The fourth-order valence-corrected chi connectivity index (χ4v) is 10.4. The lowest BCUT2D eigenvalue weighted by molar-refractivity contribution is 1.18. The first-order chi connectivity index (χ1) is 24.8. The zero-order chi connectivity index (χ0) is 32.8. The molecule has 234 valence electrons. The Labute approximate surface area is 296 Å². The third kappa shape index (κ3) is 4.07. The van der Waals surface area contributed by atoms with Gasteiger partial charge in [0.1, 0.15) is 0 Å². The van der Waals surface area contributed by atoms with E-state index in [0.717, 1.165) is 11.4 Å². The number of rotatable bonds is 4. The molecule has 0 bridgehead atoms. The monoisotopic (exact) mass is 672 g/mol. The molecular weight excluding hydrogens is 645 g/mol. The van der Waals surface area contributed by atoms with Crippen LogP contribution in [0.3, 0.4) is 0 Å². The molecule has 0 amide bonds. The molecule has 0 unspecified atom stereocenters. The summed E-state index contributed by atoms with van der Waals surface area (Å²) in [5, 5.41) is 10.3. The SMILES string of the molecule is c1ccc(-n2c3ccccc3c3cc(N(c4ccc5c(c4)sc4c6ccccc6ccc54)c4cccc5c4sc4ccccc45)ccc32)cc1. The van der Waals surface area contributed by atoms with E-state index >= 15 is 0 Å². The summed E-state index contributed by atoms with van der Waals surface area (Å²) in [6.45, 7) is 0. The summed E-state index contributed by atoms with van der Waals surface area (Å²) in [6, 6.07) is 62.4. The quantitative estimate of drug-likeness (QED) is 0.181. The van der Waals surface area contributed by atoms with Crippen molar-refractivity contribution in [2.24, 2.45) is 0 Å². The summed E-state index contributed by atoms with van der Waals surface area (Å²) in [5.41, 5.74) is 7.08. The Balaban J connectivity index is 1.19. The molecule has 4 heteroatoms. The van der Waals surface area contributed by atoms with E-state index in [1.165, 1.54) is 84.3 Å². The molecule has 50 heavy (non-hydrogen) atoms. The van der Waals surface area contributed by atoms with E-state index in [9.17, 15) is 0 Å². The minimum atomic E-state index is 1.14. The van der Waals surface area contributed by atoms with Crippen LogP contribution in [0.2, 0.25) is 0 Å². The Kier molecular flexibility index (Phi) is 6.03. The van der Waals surface area contributed by atoms with E-state index < -0.39 is 0 Å². The predicted octanol–water partition coefficient (Wildman–Crippen LogP) is 14.1. The summed E-state index contributed by atoms with van der Waals surface area (Å²) in [7, 11) is 0. The van der Waals surface area contributed by atoms with Gasteiger partial charge in [-0.25, -0.2) is 0 Å². The largest absolute Gasteiger partial charge is 0.309 e. The molecule has 0 aliphatic rings. The third-order valence-electron chi connectivity index (χ3n) is 10.2. The number of hydrogen-bond donors (Lipinski definition) is 0. The molecule has 0 spiro atoms. The molecule has 11 aromatic rings. The number of aromatic nitrogens is 1. The van der Waals surface area contributed by atoms with Gasteiger partial charge < -0.3 is 9.47 Å². The summed E-state index contributed by atoms with van der Waals surface area (Å²) in [4.78, 5) is 2.48. The van der Waals surface area contributed by atoms with E-state index in [0.29, 0.717) is 0 Å². The van der Waals surface area contributed by atoms with E-state index in [-0.39, 0.29) is 0 Å². The van der Waals surface area contributed by atoms with Crippen LogP contribution in [0, 0.1) is 0 Å². The minimum absolute atomic E-state index is 1.14. The molecule has 0 saturated carbocycles. The number of hydrogen-bond acceptors (Lipinski definition) is 3. The Morgan fingerprint density at radius 3 is 1.94 bits per heavy atom. The fourth-order valence-electron chi connectivity index (χ4n) is 7.92. The molecule has 2 nitrogen and oxygen atoms in total. The van der Waals surface area contributed by atoms with Crippen LogP contribution in [0.1, 0.15) is 0 Å². The molecule has 0 radical (unpaired) electrons. The summed E-state index contributed by atoms with van der Waals surface area (Å²) in [6.07, 6.45) is 0. The van der Waals surface area contributed by atoms with Crippen molar-refractivity contribution >= 4 is 113 Å². The van der Waals surface area contributed by atoms with Gasteiger partial charge in [0.2, 0.25) is 0 Å². The lowest BCUT2D eigenvalue weighted by Crippen LogP contribution is -2.10. The van der Waals surface area contributed by atoms with Crippen LogP contribution in [0.25, 0.3) is 78.6 Å². The van der Waals surface area contributed by atoms with Crippen molar-refractivity contribution in [3.63, 3.8) is 0 Å². The fraction of sp³-hybridized carbons (Fsp3) is 0. The Bertz CT molecular complexity index is 3110. The zero-order valence-electron chi connectivity index (χ0n) is 26.9. The molecule has 8 aromatic carbocycles. The van der Waals surface area contributed by atoms with E-state index in [1.54, 1.807) is 0 Å². The van der Waals surface area contributed by atoms with E-state index in [1.807, 2.05) is 22.7 Å². The summed E-state index contributed by atoms with van der Waals surface area (Å²) in [5.74, 6) is 0. The van der Waals surface area contributed by atoms with Crippen LogP contribution < -0.4 is 4.90 Å². The number of thiophene rings is 2. The van der Waals surface area contributed by atoms with Crippen LogP contribution in [-0.4, -0.2) is 4.57 Å². The van der Waals surface area contributed by atoms with Gasteiger partial charge >= 0.3 is 0 Å². The highest BCUT2D eigenvalue weighted by Crippen LogP contribution is 2.48. The van der Waals surface area contributed by atoms with Gasteiger partial charge in [0.15, 0.2) is 0 Å². The van der Waals surface area contributed by atoms with Crippen LogP contribution in [0.15, 0.2) is 170 Å². The van der Waals surface area contributed by atoms with Crippen molar-refractivity contribution in [1.29, 1.82) is 0 Å². The standard InChI is InChI=1S/C46H28N2S2/c1-2-12-30(13-3-1)48-40-18-8-6-15-34(40)39-27-31(23-26-41(39)48)47(42-19-10-17-37-35-16-7-9-20-43(35)49-46(37)42)32-22-25-36-38-24-21-29-11-4-5-14-33(29)45(38)50-44(36)28-32/h1-28H. The topological polar surface area (TPSA) is 8.17 Å². The average Bonchev–Trinajstić information content (AvgIpc) is 3.85. The molecule has 11 rings (SSSR count). The maximum Gasteiger partial charge on any atom is 0.0640 e. The molecule has 0 saturated heterocycles. The van der Waals surface area contributed by atoms with E-state index in [4.69, 9.17) is 0 Å². The first-order valence-corrected chi connectivity index (χ1v) is 18.6. The number of fused-ring (bicyclic) bond motifs is 11. The third-order valence-corrected chi connectivity index (χ3v) is 12.6. The van der Waals surface area contributed by atoms with Crippen molar-refractivity contribution in [3.05, 3.63) is 170 Å². The lowest BCUT2D eigenvalue weighted by Gasteiger charge is -2.26. The molecule has 0 N–H and O–H groups in total. The highest BCUT2D eigenvalue weighted by atomic mass is 32.1. The second-order valence-electron chi connectivity index (χ2n) is 12.9. The van der Waals surface area contributed by atoms with Crippen LogP contribution in [-0.2, 0) is 0 Å². The second-order valence-corrected chi connectivity index (χ2v) is 15.0. The van der Waals surface area contributed by atoms with Gasteiger partial charge in [-0.15, -0.1) is 22.7 Å². The Morgan fingerprint density at radius 1 is 0.380 bits per heavy atom. The summed E-state index contributed by atoms with van der Waals surface area (Å²) < 4.78 is 7.64. The molecule has 0 atom stereocenters.